The van der Waals surface area contributed by atoms with Crippen LogP contribution in [0.2, 0.25) is 0 Å². The van der Waals surface area contributed by atoms with Crippen LogP contribution in [-0.4, -0.2) is 26.9 Å². The zero-order valence-electron chi connectivity index (χ0n) is 44.7. The van der Waals surface area contributed by atoms with Gasteiger partial charge in [-0.2, -0.15) is 0 Å². The molecule has 8 aliphatic heterocycles. The van der Waals surface area contributed by atoms with Crippen molar-refractivity contribution in [3.8, 4) is 23.0 Å². The Morgan fingerprint density at radius 2 is 0.687 bits per heavy atom. The minimum absolute atomic E-state index is 0.0113. The number of rotatable bonds is 3. The maximum absolute atomic E-state index is 7.35. The smallest absolute Gasteiger partial charge is 0.256 e. The summed E-state index contributed by atoms with van der Waals surface area (Å²) in [4.78, 5) is 9.96. The number of hydrogen-bond donors (Lipinski definition) is 1. The number of nitrogens with zero attached hydrogens (tertiary/aromatic N) is 4. The monoisotopic (exact) mass is 1050 g/mol. The number of ether oxygens (including phenoxy) is 2. The van der Waals surface area contributed by atoms with Crippen LogP contribution in [0, 0.1) is 0 Å². The van der Waals surface area contributed by atoms with Gasteiger partial charge in [-0.1, -0.05) is 152 Å². The Morgan fingerprint density at radius 3 is 1.34 bits per heavy atom. The Balaban J connectivity index is 0.842. The highest BCUT2D eigenvalue weighted by atomic mass is 16.5. The molecule has 12 aromatic carbocycles. The van der Waals surface area contributed by atoms with Crippen molar-refractivity contribution in [2.24, 2.45) is 0 Å². The summed E-state index contributed by atoms with van der Waals surface area (Å²) in [7, 11) is 0. The van der Waals surface area contributed by atoms with Gasteiger partial charge in [0.15, 0.2) is 0 Å². The Kier molecular flexibility index (Phi) is 8.60. The van der Waals surface area contributed by atoms with Crippen LogP contribution in [0.5, 0.6) is 23.0 Å². The first-order chi connectivity index (χ1) is 41.2. The molecule has 0 radical (unpaired) electrons. The van der Waals surface area contributed by atoms with Gasteiger partial charge in [-0.3, -0.25) is 0 Å². The van der Waals surface area contributed by atoms with Crippen molar-refractivity contribution in [2.75, 3.05) is 24.9 Å². The third-order valence-electron chi connectivity index (χ3n) is 19.1. The van der Waals surface area contributed by atoms with Gasteiger partial charge in [-0.25, -0.2) is 0 Å². The summed E-state index contributed by atoms with van der Waals surface area (Å²) in [5.74, 6) is 3.52. The van der Waals surface area contributed by atoms with E-state index in [1.807, 2.05) is 0 Å². The van der Waals surface area contributed by atoms with Gasteiger partial charge in [0.2, 0.25) is 0 Å². The van der Waals surface area contributed by atoms with Gasteiger partial charge >= 0.3 is 0 Å². The normalized spacial score (nSPS) is 14.6. The van der Waals surface area contributed by atoms with Crippen LogP contribution < -0.4 is 99.9 Å². The second kappa shape index (κ2) is 16.1. The third-order valence-corrected chi connectivity index (χ3v) is 19.1. The fraction of sp³-hybridized carbons (Fsp3) is 0. The van der Waals surface area contributed by atoms with Crippen molar-refractivity contribution in [3.63, 3.8) is 0 Å². The summed E-state index contributed by atoms with van der Waals surface area (Å²) in [6.45, 7) is -0.351. The number of fused-ring (bicyclic) bond motifs is 18. The number of hydrogen-bond acceptors (Lipinski definition) is 7. The summed E-state index contributed by atoms with van der Waals surface area (Å²) in [5, 5.41) is 4.09. The highest BCUT2D eigenvalue weighted by molar-refractivity contribution is 7.06. The summed E-state index contributed by atoms with van der Waals surface area (Å²) in [6, 6.07) is 94.0. The quantitative estimate of drug-likeness (QED) is 0.177. The second-order valence-corrected chi connectivity index (χ2v) is 23.1. The molecule has 0 fully saturated rings. The molecule has 0 atom stereocenters. The Bertz CT molecular complexity index is 4870. The zero-order valence-corrected chi connectivity index (χ0v) is 44.7. The fourth-order valence-corrected chi connectivity index (χ4v) is 16.0. The van der Waals surface area contributed by atoms with Crippen molar-refractivity contribution < 1.29 is 9.47 Å². The van der Waals surface area contributed by atoms with Crippen molar-refractivity contribution in [1.82, 2.24) is 0 Å². The molecule has 0 aromatic heterocycles. The van der Waals surface area contributed by atoms with E-state index in [0.29, 0.717) is 0 Å². The molecule has 83 heavy (non-hydrogen) atoms. The Morgan fingerprint density at radius 1 is 0.241 bits per heavy atom. The third kappa shape index (κ3) is 5.73. The van der Waals surface area contributed by atoms with Crippen molar-refractivity contribution in [2.45, 2.75) is 0 Å². The van der Waals surface area contributed by atoms with E-state index in [2.05, 4.69) is 280 Å². The van der Waals surface area contributed by atoms with Gasteiger partial charge in [0.25, 0.3) is 26.9 Å². The molecular weight excluding hydrogens is 1010 g/mol. The van der Waals surface area contributed by atoms with Gasteiger partial charge in [-0.15, -0.1) is 0 Å². The number of nitrogens with one attached hydrogen (secondary N) is 1. The molecule has 0 spiro atoms. The predicted octanol–water partition coefficient (Wildman–Crippen LogP) is 9.47. The van der Waals surface area contributed by atoms with Crippen LogP contribution in [0.15, 0.2) is 255 Å². The van der Waals surface area contributed by atoms with Gasteiger partial charge in [0.05, 0.1) is 0 Å². The zero-order chi connectivity index (χ0) is 53.8. The van der Waals surface area contributed by atoms with E-state index in [0.717, 1.165) is 68.5 Å². The number of anilines is 14. The first-order valence-corrected chi connectivity index (χ1v) is 28.9. The minimum Gasteiger partial charge on any atom is -0.458 e. The van der Waals surface area contributed by atoms with E-state index >= 15 is 0 Å². The maximum Gasteiger partial charge on any atom is 0.256 e. The topological polar surface area (TPSA) is 43.5 Å². The summed E-state index contributed by atoms with van der Waals surface area (Å²) in [6.07, 6.45) is 0. The molecular formula is C72H43B4N5O2. The predicted molar refractivity (Wildman–Crippen MR) is 347 cm³/mol. The van der Waals surface area contributed by atoms with Crippen molar-refractivity contribution in [1.29, 1.82) is 0 Å². The highest BCUT2D eigenvalue weighted by Crippen LogP contribution is 2.50. The van der Waals surface area contributed by atoms with E-state index < -0.39 is 0 Å². The molecule has 380 valence electrons. The molecule has 20 rings (SSSR count). The largest absolute Gasteiger partial charge is 0.458 e. The van der Waals surface area contributed by atoms with E-state index in [4.69, 9.17) is 9.47 Å². The van der Waals surface area contributed by atoms with Crippen LogP contribution in [0.3, 0.4) is 0 Å². The number of benzene rings is 12. The van der Waals surface area contributed by atoms with Gasteiger partial charge < -0.3 is 34.4 Å². The molecule has 8 heterocycles. The lowest BCUT2D eigenvalue weighted by Gasteiger charge is -2.50. The lowest BCUT2D eigenvalue weighted by Crippen LogP contribution is -2.69. The van der Waals surface area contributed by atoms with Gasteiger partial charge in [0.1, 0.15) is 23.0 Å². The highest BCUT2D eigenvalue weighted by Gasteiger charge is 2.53. The number of para-hydroxylation sites is 7. The SMILES string of the molecule is c1ccc(N2c3ccccc3B3c4cc5c(cc4Nc4cccc2c43)N2c3ccccc3B3c4cc6c(cc4N(c4ccccc4)c4cc7c(c2c43)B5c2ccccc2O7)Oc2cccc3c2B6c2ccccc2N3c2ccccc2)cc1. The standard InChI is InChI=1S/C72H43B4N5O2/c1-4-20-43(21-5-1)78-56-31-14-10-26-46(56)73-50-38-51-61(40-55(50)77-54-30-18-34-59(78)68(54)73)81-58-33-16-12-28-48(58)74-52-39-53-66(83-65-37-19-35-60-69(65)75(53)47-27-11-15-32-57(47)79(60)44-22-6-2-7-23-44)41-62(52)80(45-24-8-3-9-25-45)63-42-67-71(72(81)70(63)74)76(51)49-29-13-17-36-64(49)82-67/h1-42,77H. The fourth-order valence-electron chi connectivity index (χ4n) is 16.0. The first-order valence-electron chi connectivity index (χ1n) is 28.9. The first kappa shape index (κ1) is 44.3. The average Bonchev–Trinajstić information content (AvgIpc) is 1.38. The molecule has 0 saturated carbocycles. The van der Waals surface area contributed by atoms with Gasteiger partial charge in [-0.05, 0) is 157 Å². The maximum atomic E-state index is 7.35. The lowest BCUT2D eigenvalue weighted by molar-refractivity contribution is 0.487. The molecule has 0 aliphatic carbocycles. The average molecular weight is 1050 g/mol. The summed E-state index contributed by atoms with van der Waals surface area (Å²) < 4.78 is 14.6. The molecule has 0 unspecified atom stereocenters. The van der Waals surface area contributed by atoms with Crippen molar-refractivity contribution >= 4 is 172 Å². The molecule has 7 nitrogen and oxygen atoms in total. The second-order valence-electron chi connectivity index (χ2n) is 23.1. The van der Waals surface area contributed by atoms with E-state index in [1.54, 1.807) is 0 Å². The lowest BCUT2D eigenvalue weighted by atomic mass is 9.27. The van der Waals surface area contributed by atoms with Crippen LogP contribution in [0.4, 0.5) is 79.6 Å². The van der Waals surface area contributed by atoms with Gasteiger partial charge in [0, 0.05) is 91.8 Å². The van der Waals surface area contributed by atoms with Crippen LogP contribution in [-0.2, 0) is 0 Å². The van der Waals surface area contributed by atoms with E-state index in [-0.39, 0.29) is 26.9 Å². The minimum atomic E-state index is -0.138. The van der Waals surface area contributed by atoms with Crippen molar-refractivity contribution in [3.05, 3.63) is 255 Å². The molecule has 12 aromatic rings. The molecule has 11 heteroatoms. The van der Waals surface area contributed by atoms with Crippen LogP contribution in [0.1, 0.15) is 0 Å². The molecule has 1 N–H and O–H groups in total. The van der Waals surface area contributed by atoms with E-state index in [1.165, 1.54) is 99.7 Å². The van der Waals surface area contributed by atoms with Crippen LogP contribution >= 0.6 is 0 Å². The molecule has 0 amide bonds. The Hall–Kier alpha value is -10.5. The summed E-state index contributed by atoms with van der Waals surface area (Å²) in [5.41, 5.74) is 30.9. The summed E-state index contributed by atoms with van der Waals surface area (Å²) >= 11 is 0. The Labute approximate surface area is 481 Å². The molecule has 8 aliphatic rings. The van der Waals surface area contributed by atoms with Crippen LogP contribution in [0.25, 0.3) is 0 Å². The molecule has 0 saturated heterocycles. The molecule has 0 bridgehead atoms. The van der Waals surface area contributed by atoms with E-state index in [9.17, 15) is 0 Å².